The molecule has 0 bridgehead atoms. The highest BCUT2D eigenvalue weighted by Crippen LogP contribution is 2.41. The molecule has 0 fully saturated rings. The number of aromatic nitrogens is 1. The molecule has 1 aromatic carbocycles. The Kier molecular flexibility index (Phi) is 6.01. The number of Topliss-reactive ketones (excluding diaryl/α,β-unsaturated/α-hetero) is 1. The molecule has 1 amide bonds. The Balaban J connectivity index is 2.11. The van der Waals surface area contributed by atoms with Crippen LogP contribution in [0.1, 0.15) is 49.7 Å². The van der Waals surface area contributed by atoms with E-state index < -0.39 is 29.6 Å². The summed E-state index contributed by atoms with van der Waals surface area (Å²) in [6.45, 7) is 6.91. The van der Waals surface area contributed by atoms with Gasteiger partial charge in [-0.3, -0.25) is 19.5 Å². The van der Waals surface area contributed by atoms with Crippen LogP contribution >= 0.6 is 0 Å². The van der Waals surface area contributed by atoms with Gasteiger partial charge in [0.2, 0.25) is 0 Å². The van der Waals surface area contributed by atoms with Crippen molar-refractivity contribution in [3.05, 3.63) is 71.3 Å². The van der Waals surface area contributed by atoms with E-state index in [0.717, 1.165) is 0 Å². The molecule has 7 heteroatoms. The smallest absolute Gasteiger partial charge is 0.338 e. The molecule has 7 nitrogen and oxygen atoms in total. The monoisotopic (exact) mass is 408 g/mol. The average Bonchev–Trinajstić information content (AvgIpc) is 2.98. The van der Waals surface area contributed by atoms with Crippen LogP contribution in [0, 0.1) is 5.92 Å². The van der Waals surface area contributed by atoms with Crippen molar-refractivity contribution in [3.8, 4) is 0 Å². The summed E-state index contributed by atoms with van der Waals surface area (Å²) in [6.07, 6.45) is 2.82. The lowest BCUT2D eigenvalue weighted by molar-refractivity contribution is -0.119. The predicted molar refractivity (Wildman–Crippen MR) is 111 cm³/mol. The first-order chi connectivity index (χ1) is 14.2. The highest BCUT2D eigenvalue weighted by atomic mass is 16.5. The van der Waals surface area contributed by atoms with Crippen molar-refractivity contribution in [1.29, 1.82) is 0 Å². The number of rotatable bonds is 6. The number of hydrogen-bond donors (Lipinski definition) is 1. The third kappa shape index (κ3) is 3.96. The van der Waals surface area contributed by atoms with Crippen LogP contribution < -0.4 is 4.90 Å². The summed E-state index contributed by atoms with van der Waals surface area (Å²) >= 11 is 0. The SMILES string of the molecule is CC(C)OC(=O)c1cccc(N2C(=O)C(O)=C(C(=O)C(C)C)C2c2ccncc2)c1. The molecule has 1 aliphatic rings. The molecular weight excluding hydrogens is 384 g/mol. The number of aliphatic hydroxyl groups excluding tert-OH is 1. The fourth-order valence-corrected chi connectivity index (χ4v) is 3.36. The number of pyridine rings is 1. The van der Waals surface area contributed by atoms with Crippen molar-refractivity contribution in [2.45, 2.75) is 39.8 Å². The van der Waals surface area contributed by atoms with E-state index in [4.69, 9.17) is 4.74 Å². The molecule has 1 atom stereocenters. The van der Waals surface area contributed by atoms with Gasteiger partial charge in [-0.15, -0.1) is 0 Å². The van der Waals surface area contributed by atoms with Gasteiger partial charge in [0.25, 0.3) is 5.91 Å². The number of carbonyl (C=O) groups excluding carboxylic acids is 3. The standard InChI is InChI=1S/C23H24N2O5/c1-13(2)20(26)18-19(15-8-10-24-11-9-15)25(22(28)21(18)27)17-7-5-6-16(12-17)23(29)30-14(3)4/h5-14,19,27H,1-4H3. The minimum absolute atomic E-state index is 0.0383. The van der Waals surface area contributed by atoms with Crippen LogP contribution in [0.25, 0.3) is 0 Å². The van der Waals surface area contributed by atoms with Crippen molar-refractivity contribution in [2.75, 3.05) is 4.90 Å². The second-order valence-electron chi connectivity index (χ2n) is 7.64. The van der Waals surface area contributed by atoms with Crippen LogP contribution in [0.4, 0.5) is 5.69 Å². The zero-order valence-electron chi connectivity index (χ0n) is 17.3. The number of anilines is 1. The largest absolute Gasteiger partial charge is 0.503 e. The molecule has 3 rings (SSSR count). The van der Waals surface area contributed by atoms with E-state index in [-0.39, 0.29) is 23.0 Å². The molecule has 156 valence electrons. The number of ketones is 1. The molecule has 0 radical (unpaired) electrons. The molecular formula is C23H24N2O5. The van der Waals surface area contributed by atoms with Gasteiger partial charge in [-0.2, -0.15) is 0 Å². The highest BCUT2D eigenvalue weighted by molar-refractivity contribution is 6.17. The summed E-state index contributed by atoms with van der Waals surface area (Å²) in [7, 11) is 0. The molecule has 1 N–H and O–H groups in total. The van der Waals surface area contributed by atoms with E-state index >= 15 is 0 Å². The Morgan fingerprint density at radius 3 is 2.37 bits per heavy atom. The molecule has 1 aliphatic heterocycles. The van der Waals surface area contributed by atoms with Crippen LogP contribution in [0.2, 0.25) is 0 Å². The van der Waals surface area contributed by atoms with Gasteiger partial charge in [-0.05, 0) is 49.7 Å². The zero-order valence-corrected chi connectivity index (χ0v) is 17.3. The quantitative estimate of drug-likeness (QED) is 0.731. The van der Waals surface area contributed by atoms with Crippen LogP contribution in [0.5, 0.6) is 0 Å². The number of nitrogens with zero attached hydrogens (tertiary/aromatic N) is 2. The molecule has 0 aliphatic carbocycles. The van der Waals surface area contributed by atoms with Gasteiger partial charge in [-0.25, -0.2) is 4.79 Å². The summed E-state index contributed by atoms with van der Waals surface area (Å²) in [6, 6.07) is 8.93. The third-order valence-corrected chi connectivity index (χ3v) is 4.72. The lowest BCUT2D eigenvalue weighted by atomic mass is 9.91. The second kappa shape index (κ2) is 8.49. The first-order valence-corrected chi connectivity index (χ1v) is 9.74. The van der Waals surface area contributed by atoms with Gasteiger partial charge in [0.05, 0.1) is 23.3 Å². The summed E-state index contributed by atoms with van der Waals surface area (Å²) < 4.78 is 5.24. The summed E-state index contributed by atoms with van der Waals surface area (Å²) in [5.74, 6) is -2.53. The highest BCUT2D eigenvalue weighted by Gasteiger charge is 2.44. The average molecular weight is 408 g/mol. The third-order valence-electron chi connectivity index (χ3n) is 4.72. The van der Waals surface area contributed by atoms with Gasteiger partial charge >= 0.3 is 5.97 Å². The zero-order chi connectivity index (χ0) is 22.0. The van der Waals surface area contributed by atoms with E-state index in [9.17, 15) is 19.5 Å². The minimum Gasteiger partial charge on any atom is -0.503 e. The number of hydrogen-bond acceptors (Lipinski definition) is 6. The molecule has 2 aromatic rings. The van der Waals surface area contributed by atoms with Gasteiger partial charge in [-0.1, -0.05) is 19.9 Å². The van der Waals surface area contributed by atoms with Crippen LogP contribution in [-0.2, 0) is 14.3 Å². The van der Waals surface area contributed by atoms with E-state index in [2.05, 4.69) is 4.98 Å². The fraction of sp³-hybridized carbons (Fsp3) is 0.304. The first-order valence-electron chi connectivity index (χ1n) is 9.74. The Morgan fingerprint density at radius 2 is 1.77 bits per heavy atom. The number of ether oxygens (including phenoxy) is 1. The van der Waals surface area contributed by atoms with Gasteiger partial charge in [0.15, 0.2) is 11.5 Å². The van der Waals surface area contributed by atoms with Gasteiger partial charge in [0, 0.05) is 24.0 Å². The van der Waals surface area contributed by atoms with Crippen LogP contribution in [-0.4, -0.2) is 33.9 Å². The Morgan fingerprint density at radius 1 is 1.10 bits per heavy atom. The van der Waals surface area contributed by atoms with Crippen molar-refractivity contribution in [3.63, 3.8) is 0 Å². The van der Waals surface area contributed by atoms with Crippen molar-refractivity contribution < 1.29 is 24.2 Å². The molecule has 0 saturated heterocycles. The molecule has 2 heterocycles. The van der Waals surface area contributed by atoms with Crippen LogP contribution in [0.15, 0.2) is 60.1 Å². The number of aliphatic hydroxyl groups is 1. The normalized spacial score (nSPS) is 16.5. The number of amides is 1. The van der Waals surface area contributed by atoms with E-state index in [1.54, 1.807) is 70.4 Å². The maximum absolute atomic E-state index is 13.0. The van der Waals surface area contributed by atoms with Gasteiger partial charge < -0.3 is 9.84 Å². The lowest BCUT2D eigenvalue weighted by Crippen LogP contribution is -2.31. The number of esters is 1. The molecule has 0 spiro atoms. The fourth-order valence-electron chi connectivity index (χ4n) is 3.36. The molecule has 0 saturated carbocycles. The number of carbonyl (C=O) groups is 3. The maximum Gasteiger partial charge on any atom is 0.338 e. The maximum atomic E-state index is 13.0. The lowest BCUT2D eigenvalue weighted by Gasteiger charge is -2.27. The first kappa shape index (κ1) is 21.2. The second-order valence-corrected chi connectivity index (χ2v) is 7.64. The Bertz CT molecular complexity index is 1010. The summed E-state index contributed by atoms with van der Waals surface area (Å²) in [4.78, 5) is 43.5. The molecule has 30 heavy (non-hydrogen) atoms. The van der Waals surface area contributed by atoms with E-state index in [1.165, 1.54) is 11.0 Å². The van der Waals surface area contributed by atoms with Crippen molar-refractivity contribution >= 4 is 23.3 Å². The number of benzene rings is 1. The van der Waals surface area contributed by atoms with Gasteiger partial charge in [0.1, 0.15) is 0 Å². The topological polar surface area (TPSA) is 96.8 Å². The summed E-state index contributed by atoms with van der Waals surface area (Å²) in [5.41, 5.74) is 1.31. The van der Waals surface area contributed by atoms with Crippen molar-refractivity contribution in [1.82, 2.24) is 4.98 Å². The molecule has 1 unspecified atom stereocenters. The van der Waals surface area contributed by atoms with E-state index in [0.29, 0.717) is 11.3 Å². The van der Waals surface area contributed by atoms with E-state index in [1.807, 2.05) is 0 Å². The molecule has 1 aromatic heterocycles. The Hall–Kier alpha value is -3.48. The Labute approximate surface area is 175 Å². The minimum atomic E-state index is -0.827. The summed E-state index contributed by atoms with van der Waals surface area (Å²) in [5, 5.41) is 10.6. The predicted octanol–water partition coefficient (Wildman–Crippen LogP) is 3.77. The van der Waals surface area contributed by atoms with Crippen molar-refractivity contribution in [2.24, 2.45) is 5.92 Å². The van der Waals surface area contributed by atoms with Crippen LogP contribution in [0.3, 0.4) is 0 Å².